The van der Waals surface area contributed by atoms with E-state index in [9.17, 15) is 9.18 Å². The summed E-state index contributed by atoms with van der Waals surface area (Å²) in [4.78, 5) is 14.2. The monoisotopic (exact) mass is 225 g/mol. The molecule has 0 N–H and O–H groups in total. The highest BCUT2D eigenvalue weighted by atomic mass is 32.2. The molecule has 1 aromatic rings. The van der Waals surface area contributed by atoms with Crippen LogP contribution in [0.25, 0.3) is 6.08 Å². The van der Waals surface area contributed by atoms with Gasteiger partial charge in [0.25, 0.3) is 0 Å². The van der Waals surface area contributed by atoms with Gasteiger partial charge in [0.15, 0.2) is 5.12 Å². The Balaban J connectivity index is 2.57. The van der Waals surface area contributed by atoms with Crippen LogP contribution in [0.4, 0.5) is 4.39 Å². The zero-order valence-corrected chi connectivity index (χ0v) is 9.47. The van der Waals surface area contributed by atoms with Gasteiger partial charge in [0.2, 0.25) is 5.95 Å². The average molecular weight is 225 g/mol. The first-order valence-electron chi connectivity index (χ1n) is 4.51. The molecule has 0 radical (unpaired) electrons. The van der Waals surface area contributed by atoms with E-state index in [1.165, 1.54) is 24.9 Å². The number of carbonyl (C=O) groups excluding carboxylic acids is 1. The van der Waals surface area contributed by atoms with E-state index in [0.29, 0.717) is 11.3 Å². The maximum Gasteiger partial charge on any atom is 0.215 e. The topological polar surface area (TPSA) is 30.0 Å². The number of nitrogens with zero attached hydrogens (tertiary/aromatic N) is 1. The summed E-state index contributed by atoms with van der Waals surface area (Å²) in [6.07, 6.45) is 5.16. The highest BCUT2D eigenvalue weighted by Gasteiger charge is 1.97. The summed E-state index contributed by atoms with van der Waals surface area (Å²) in [5.74, 6) is 0.191. The second kappa shape index (κ2) is 5.66. The molecule has 0 saturated heterocycles. The van der Waals surface area contributed by atoms with Gasteiger partial charge < -0.3 is 0 Å². The number of halogens is 1. The molecule has 4 heteroatoms. The van der Waals surface area contributed by atoms with Gasteiger partial charge in [0.1, 0.15) is 0 Å². The van der Waals surface area contributed by atoms with Gasteiger partial charge in [0, 0.05) is 24.4 Å². The fraction of sp³-hybridized carbons (Fsp3) is 0.273. The first-order chi connectivity index (χ1) is 7.09. The third kappa shape index (κ3) is 4.25. The van der Waals surface area contributed by atoms with Crippen LogP contribution < -0.4 is 0 Å². The Morgan fingerprint density at radius 3 is 3.00 bits per heavy atom. The van der Waals surface area contributed by atoms with Crippen molar-refractivity contribution in [2.45, 2.75) is 13.8 Å². The summed E-state index contributed by atoms with van der Waals surface area (Å²) in [7, 11) is 0. The van der Waals surface area contributed by atoms with Crippen LogP contribution in [-0.2, 0) is 4.79 Å². The molecule has 0 atom stereocenters. The van der Waals surface area contributed by atoms with Gasteiger partial charge in [-0.2, -0.15) is 4.39 Å². The van der Waals surface area contributed by atoms with Crippen LogP contribution >= 0.6 is 11.8 Å². The fourth-order valence-corrected chi connectivity index (χ4v) is 1.45. The normalized spacial score (nSPS) is 10.9. The van der Waals surface area contributed by atoms with Crippen LogP contribution in [0.1, 0.15) is 18.1 Å². The first-order valence-corrected chi connectivity index (χ1v) is 5.50. The molecule has 0 amide bonds. The first kappa shape index (κ1) is 11.9. The third-order valence-electron chi connectivity index (χ3n) is 1.73. The molecule has 0 fully saturated rings. The summed E-state index contributed by atoms with van der Waals surface area (Å²) < 4.78 is 12.8. The van der Waals surface area contributed by atoms with Gasteiger partial charge in [0.05, 0.1) is 0 Å². The van der Waals surface area contributed by atoms with Gasteiger partial charge in [-0.05, 0) is 18.6 Å². The second-order valence-electron chi connectivity index (χ2n) is 3.08. The summed E-state index contributed by atoms with van der Waals surface area (Å²) >= 11 is 1.24. The lowest BCUT2D eigenvalue weighted by Crippen LogP contribution is -1.88. The summed E-state index contributed by atoms with van der Waals surface area (Å²) in [6.45, 7) is 3.20. The molecule has 0 bridgehead atoms. The van der Waals surface area contributed by atoms with E-state index < -0.39 is 5.95 Å². The molecule has 80 valence electrons. The van der Waals surface area contributed by atoms with Gasteiger partial charge in [-0.3, -0.25) is 4.79 Å². The molecule has 0 spiro atoms. The minimum absolute atomic E-state index is 0.0908. The third-order valence-corrected chi connectivity index (χ3v) is 2.49. The largest absolute Gasteiger partial charge is 0.288 e. The number of pyridine rings is 1. The second-order valence-corrected chi connectivity index (χ2v) is 4.28. The molecular formula is C11H12FNOS. The quantitative estimate of drug-likeness (QED) is 0.741. The van der Waals surface area contributed by atoms with Crippen molar-refractivity contribution in [3.8, 4) is 0 Å². The molecule has 0 unspecified atom stereocenters. The van der Waals surface area contributed by atoms with E-state index in [-0.39, 0.29) is 5.12 Å². The number of hydrogen-bond acceptors (Lipinski definition) is 3. The molecule has 1 rings (SSSR count). The van der Waals surface area contributed by atoms with Crippen molar-refractivity contribution in [2.24, 2.45) is 0 Å². The minimum atomic E-state index is -0.440. The van der Waals surface area contributed by atoms with E-state index >= 15 is 0 Å². The summed E-state index contributed by atoms with van der Waals surface area (Å²) in [6, 6.07) is 1.72. The van der Waals surface area contributed by atoms with Crippen molar-refractivity contribution < 1.29 is 9.18 Å². The Morgan fingerprint density at radius 1 is 1.67 bits per heavy atom. The zero-order valence-electron chi connectivity index (χ0n) is 8.66. The number of carbonyl (C=O) groups is 1. The molecule has 0 aliphatic heterocycles. The average Bonchev–Trinajstić information content (AvgIpc) is 2.18. The Morgan fingerprint density at radius 2 is 2.40 bits per heavy atom. The van der Waals surface area contributed by atoms with Crippen molar-refractivity contribution in [2.75, 3.05) is 5.75 Å². The van der Waals surface area contributed by atoms with Gasteiger partial charge >= 0.3 is 0 Å². The molecule has 0 saturated carbocycles. The smallest absolute Gasteiger partial charge is 0.215 e. The number of thioether (sulfide) groups is 1. The fourth-order valence-electron chi connectivity index (χ4n) is 1.02. The number of aromatic nitrogens is 1. The maximum atomic E-state index is 12.8. The molecular weight excluding hydrogens is 213 g/mol. The van der Waals surface area contributed by atoms with Gasteiger partial charge in [-0.1, -0.05) is 23.9 Å². The van der Waals surface area contributed by atoms with Crippen LogP contribution in [0.2, 0.25) is 0 Å². The Hall–Kier alpha value is -1.16. The van der Waals surface area contributed by atoms with E-state index in [1.807, 2.05) is 12.2 Å². The maximum absolute atomic E-state index is 12.8. The molecule has 0 aliphatic carbocycles. The Labute approximate surface area is 92.6 Å². The predicted molar refractivity (Wildman–Crippen MR) is 61.1 cm³/mol. The van der Waals surface area contributed by atoms with Crippen LogP contribution in [0, 0.1) is 12.9 Å². The summed E-state index contributed by atoms with van der Waals surface area (Å²) in [5.41, 5.74) is 1.37. The van der Waals surface area contributed by atoms with Crippen LogP contribution in [0.15, 0.2) is 18.3 Å². The Bertz CT molecular complexity index is 390. The molecule has 2 nitrogen and oxygen atoms in total. The van der Waals surface area contributed by atoms with Crippen molar-refractivity contribution in [1.82, 2.24) is 4.98 Å². The standard InChI is InChI=1S/C11H12FNOS/c1-8-6-10(7-13-11(8)12)4-3-5-15-9(2)14/h3-4,6-7H,5H2,1-2H3. The molecule has 1 aromatic heterocycles. The van der Waals surface area contributed by atoms with Gasteiger partial charge in [-0.25, -0.2) is 4.98 Å². The van der Waals surface area contributed by atoms with Crippen LogP contribution in [0.5, 0.6) is 0 Å². The zero-order chi connectivity index (χ0) is 11.3. The van der Waals surface area contributed by atoms with Crippen LogP contribution in [0.3, 0.4) is 0 Å². The van der Waals surface area contributed by atoms with Crippen molar-refractivity contribution in [3.05, 3.63) is 35.4 Å². The van der Waals surface area contributed by atoms with E-state index in [0.717, 1.165) is 5.56 Å². The highest BCUT2D eigenvalue weighted by Crippen LogP contribution is 2.09. The van der Waals surface area contributed by atoms with E-state index in [1.54, 1.807) is 13.0 Å². The van der Waals surface area contributed by atoms with Gasteiger partial charge in [-0.15, -0.1) is 0 Å². The van der Waals surface area contributed by atoms with Crippen molar-refractivity contribution >= 4 is 23.0 Å². The Kier molecular flexibility index (Phi) is 4.49. The van der Waals surface area contributed by atoms with Crippen molar-refractivity contribution in [1.29, 1.82) is 0 Å². The lowest BCUT2D eigenvalue weighted by molar-refractivity contribution is -0.109. The molecule has 15 heavy (non-hydrogen) atoms. The van der Waals surface area contributed by atoms with Crippen molar-refractivity contribution in [3.63, 3.8) is 0 Å². The van der Waals surface area contributed by atoms with E-state index in [4.69, 9.17) is 0 Å². The minimum Gasteiger partial charge on any atom is -0.288 e. The molecule has 1 heterocycles. The highest BCUT2D eigenvalue weighted by molar-refractivity contribution is 8.13. The SMILES string of the molecule is CC(=O)SCC=Cc1cnc(F)c(C)c1. The van der Waals surface area contributed by atoms with Crippen LogP contribution in [-0.4, -0.2) is 15.9 Å². The molecule has 0 aromatic carbocycles. The molecule has 0 aliphatic rings. The number of hydrogen-bond donors (Lipinski definition) is 0. The predicted octanol–water partition coefficient (Wildman–Crippen LogP) is 2.82. The lowest BCUT2D eigenvalue weighted by Gasteiger charge is -1.96. The number of aryl methyl sites for hydroxylation is 1. The number of rotatable bonds is 3. The lowest BCUT2D eigenvalue weighted by atomic mass is 10.2. The summed E-state index contributed by atoms with van der Waals surface area (Å²) in [5, 5.41) is 0.0908. The van der Waals surface area contributed by atoms with E-state index in [2.05, 4.69) is 4.98 Å².